The molecule has 2 rings (SSSR count). The van der Waals surface area contributed by atoms with Crippen LogP contribution in [0.1, 0.15) is 11.1 Å². The maximum atomic E-state index is 8.83. The fourth-order valence-electron chi connectivity index (χ4n) is 1.36. The standard InChI is InChI=1S/C10H9NO3/c1-12-9-3-8-5-13-6-14-10(8)2-7(9)4-11/h2-3H,5-6H2,1H3. The lowest BCUT2D eigenvalue weighted by Gasteiger charge is -2.18. The molecule has 1 aromatic rings. The van der Waals surface area contributed by atoms with Crippen LogP contribution in [0.4, 0.5) is 0 Å². The molecule has 1 aliphatic heterocycles. The largest absolute Gasteiger partial charge is 0.495 e. The summed E-state index contributed by atoms with van der Waals surface area (Å²) in [5.74, 6) is 1.26. The van der Waals surface area contributed by atoms with Crippen molar-refractivity contribution in [3.05, 3.63) is 23.3 Å². The van der Waals surface area contributed by atoms with E-state index in [0.29, 0.717) is 23.7 Å². The van der Waals surface area contributed by atoms with Crippen molar-refractivity contribution in [2.45, 2.75) is 6.61 Å². The first-order chi connectivity index (χ1) is 6.85. The number of fused-ring (bicyclic) bond motifs is 1. The van der Waals surface area contributed by atoms with Gasteiger partial charge in [0, 0.05) is 11.6 Å². The van der Waals surface area contributed by atoms with Crippen LogP contribution in [-0.4, -0.2) is 13.9 Å². The van der Waals surface area contributed by atoms with Crippen molar-refractivity contribution in [3.63, 3.8) is 0 Å². The van der Waals surface area contributed by atoms with Gasteiger partial charge >= 0.3 is 0 Å². The minimum Gasteiger partial charge on any atom is -0.495 e. The summed E-state index contributed by atoms with van der Waals surface area (Å²) in [5, 5.41) is 8.83. The molecular weight excluding hydrogens is 182 g/mol. The first-order valence-corrected chi connectivity index (χ1v) is 4.16. The van der Waals surface area contributed by atoms with Crippen molar-refractivity contribution >= 4 is 0 Å². The second kappa shape index (κ2) is 3.56. The summed E-state index contributed by atoms with van der Waals surface area (Å²) in [5.41, 5.74) is 1.39. The van der Waals surface area contributed by atoms with Crippen LogP contribution in [0.15, 0.2) is 12.1 Å². The molecule has 72 valence electrons. The van der Waals surface area contributed by atoms with Crippen molar-refractivity contribution in [3.8, 4) is 17.6 Å². The Balaban J connectivity index is 2.50. The van der Waals surface area contributed by atoms with Crippen molar-refractivity contribution in [2.24, 2.45) is 0 Å². The number of methoxy groups -OCH3 is 1. The summed E-state index contributed by atoms with van der Waals surface area (Å²) in [6.07, 6.45) is 0. The number of hydrogen-bond acceptors (Lipinski definition) is 4. The zero-order chi connectivity index (χ0) is 9.97. The van der Waals surface area contributed by atoms with E-state index >= 15 is 0 Å². The Hall–Kier alpha value is -1.73. The number of nitrogens with zero attached hydrogens (tertiary/aromatic N) is 1. The highest BCUT2D eigenvalue weighted by Gasteiger charge is 2.14. The van der Waals surface area contributed by atoms with Crippen LogP contribution in [0, 0.1) is 11.3 Å². The maximum Gasteiger partial charge on any atom is 0.189 e. The van der Waals surface area contributed by atoms with E-state index in [-0.39, 0.29) is 6.79 Å². The number of ether oxygens (including phenoxy) is 3. The maximum absolute atomic E-state index is 8.83. The van der Waals surface area contributed by atoms with Gasteiger partial charge in [0.25, 0.3) is 0 Å². The zero-order valence-electron chi connectivity index (χ0n) is 7.74. The molecule has 0 atom stereocenters. The van der Waals surface area contributed by atoms with Crippen molar-refractivity contribution < 1.29 is 14.2 Å². The first-order valence-electron chi connectivity index (χ1n) is 4.16. The quantitative estimate of drug-likeness (QED) is 0.673. The Morgan fingerprint density at radius 1 is 1.50 bits per heavy atom. The summed E-state index contributed by atoms with van der Waals surface area (Å²) in [6.45, 7) is 0.738. The molecule has 4 heteroatoms. The van der Waals surface area contributed by atoms with Gasteiger partial charge in [0.1, 0.15) is 17.6 Å². The highest BCUT2D eigenvalue weighted by Crippen LogP contribution is 2.30. The molecule has 0 aromatic heterocycles. The molecular formula is C10H9NO3. The van der Waals surface area contributed by atoms with Crippen LogP contribution >= 0.6 is 0 Å². The lowest BCUT2D eigenvalue weighted by Crippen LogP contribution is -2.11. The molecule has 4 nitrogen and oxygen atoms in total. The van der Waals surface area contributed by atoms with E-state index in [1.54, 1.807) is 12.1 Å². The number of rotatable bonds is 1. The van der Waals surface area contributed by atoms with Gasteiger partial charge in [-0.25, -0.2) is 0 Å². The van der Waals surface area contributed by atoms with Crippen LogP contribution in [0.3, 0.4) is 0 Å². The molecule has 0 radical (unpaired) electrons. The fraction of sp³-hybridized carbons (Fsp3) is 0.300. The Morgan fingerprint density at radius 3 is 3.07 bits per heavy atom. The SMILES string of the molecule is COc1cc2c(cc1C#N)OCOC2. The summed E-state index contributed by atoms with van der Waals surface area (Å²) in [4.78, 5) is 0. The van der Waals surface area contributed by atoms with Gasteiger partial charge in [-0.15, -0.1) is 0 Å². The highest BCUT2D eigenvalue weighted by molar-refractivity contribution is 5.52. The second-order valence-electron chi connectivity index (χ2n) is 2.88. The Labute approximate surface area is 81.6 Å². The molecule has 0 bridgehead atoms. The smallest absolute Gasteiger partial charge is 0.189 e. The van der Waals surface area contributed by atoms with Crippen molar-refractivity contribution in [1.29, 1.82) is 5.26 Å². The Kier molecular flexibility index (Phi) is 2.25. The van der Waals surface area contributed by atoms with E-state index in [0.717, 1.165) is 5.56 Å². The molecule has 1 aliphatic rings. The molecule has 0 spiro atoms. The molecule has 14 heavy (non-hydrogen) atoms. The molecule has 1 aromatic carbocycles. The Bertz CT molecular complexity index is 395. The second-order valence-corrected chi connectivity index (χ2v) is 2.88. The van der Waals surface area contributed by atoms with Gasteiger partial charge in [-0.2, -0.15) is 5.26 Å². The predicted octanol–water partition coefficient (Wildman–Crippen LogP) is 1.43. The number of nitriles is 1. The minimum absolute atomic E-state index is 0.240. The molecule has 0 saturated carbocycles. The van der Waals surface area contributed by atoms with E-state index in [2.05, 4.69) is 6.07 Å². The third kappa shape index (κ3) is 1.38. The lowest BCUT2D eigenvalue weighted by molar-refractivity contribution is -0.0165. The monoisotopic (exact) mass is 191 g/mol. The summed E-state index contributed by atoms with van der Waals surface area (Å²) in [7, 11) is 1.53. The molecule has 0 saturated heterocycles. The van der Waals surface area contributed by atoms with E-state index in [4.69, 9.17) is 19.5 Å². The van der Waals surface area contributed by atoms with Crippen LogP contribution in [0.25, 0.3) is 0 Å². The number of hydrogen-bond donors (Lipinski definition) is 0. The van der Waals surface area contributed by atoms with E-state index < -0.39 is 0 Å². The van der Waals surface area contributed by atoms with Crippen molar-refractivity contribution in [2.75, 3.05) is 13.9 Å². The topological polar surface area (TPSA) is 51.5 Å². The molecule has 0 unspecified atom stereocenters. The fourth-order valence-corrected chi connectivity index (χ4v) is 1.36. The summed E-state index contributed by atoms with van der Waals surface area (Å²) < 4.78 is 15.4. The molecule has 0 fully saturated rings. The van der Waals surface area contributed by atoms with Crippen LogP contribution in [0.2, 0.25) is 0 Å². The zero-order valence-corrected chi connectivity index (χ0v) is 7.74. The third-order valence-corrected chi connectivity index (χ3v) is 2.06. The van der Waals surface area contributed by atoms with E-state index in [1.807, 2.05) is 0 Å². The molecule has 0 aliphatic carbocycles. The third-order valence-electron chi connectivity index (χ3n) is 2.06. The normalized spacial score (nSPS) is 13.7. The summed E-state index contributed by atoms with van der Waals surface area (Å²) >= 11 is 0. The summed E-state index contributed by atoms with van der Waals surface area (Å²) in [6, 6.07) is 5.50. The highest BCUT2D eigenvalue weighted by atomic mass is 16.7. The number of benzene rings is 1. The van der Waals surface area contributed by atoms with Gasteiger partial charge in [0.05, 0.1) is 19.3 Å². The van der Waals surface area contributed by atoms with E-state index in [9.17, 15) is 0 Å². The predicted molar refractivity (Wildman–Crippen MR) is 48.0 cm³/mol. The van der Waals surface area contributed by atoms with Gasteiger partial charge in [0.2, 0.25) is 0 Å². The molecule has 1 heterocycles. The first kappa shape index (κ1) is 8.85. The molecule has 0 N–H and O–H groups in total. The van der Waals surface area contributed by atoms with Crippen LogP contribution in [-0.2, 0) is 11.3 Å². The van der Waals surface area contributed by atoms with Gasteiger partial charge in [0.15, 0.2) is 6.79 Å². The minimum atomic E-state index is 0.240. The van der Waals surface area contributed by atoms with Crippen LogP contribution in [0.5, 0.6) is 11.5 Å². The van der Waals surface area contributed by atoms with Crippen LogP contribution < -0.4 is 9.47 Å². The molecule has 0 amide bonds. The average molecular weight is 191 g/mol. The van der Waals surface area contributed by atoms with Gasteiger partial charge in [-0.3, -0.25) is 0 Å². The van der Waals surface area contributed by atoms with Gasteiger partial charge in [-0.1, -0.05) is 0 Å². The van der Waals surface area contributed by atoms with Gasteiger partial charge < -0.3 is 14.2 Å². The van der Waals surface area contributed by atoms with Gasteiger partial charge in [-0.05, 0) is 6.07 Å². The van der Waals surface area contributed by atoms with Crippen molar-refractivity contribution in [1.82, 2.24) is 0 Å². The Morgan fingerprint density at radius 2 is 2.36 bits per heavy atom. The lowest BCUT2D eigenvalue weighted by atomic mass is 10.1. The average Bonchev–Trinajstić information content (AvgIpc) is 2.27. The van der Waals surface area contributed by atoms with E-state index in [1.165, 1.54) is 7.11 Å².